The van der Waals surface area contributed by atoms with Crippen molar-refractivity contribution in [3.05, 3.63) is 60.4 Å². The van der Waals surface area contributed by atoms with Crippen LogP contribution in [0.3, 0.4) is 0 Å². The molecule has 0 spiro atoms. The molecule has 2 aromatic carbocycles. The Morgan fingerprint density at radius 1 is 1.00 bits per heavy atom. The van der Waals surface area contributed by atoms with Crippen LogP contribution in [0.1, 0.15) is 12.5 Å². The standard InChI is InChI=1S/C17H18N4/c1-2-21(11-13-7-9-14(18)10-8-13)17-15-5-3-4-6-16(15)19-12-20-17/h3-10,12H,2,11,18H2,1H3. The number of nitrogens with zero attached hydrogens (tertiary/aromatic N) is 3. The Labute approximate surface area is 124 Å². The molecule has 2 N–H and O–H groups in total. The van der Waals surface area contributed by atoms with Crippen LogP contribution in [0.15, 0.2) is 54.9 Å². The monoisotopic (exact) mass is 278 g/mol. The van der Waals surface area contributed by atoms with E-state index in [0.717, 1.165) is 35.5 Å². The van der Waals surface area contributed by atoms with Crippen molar-refractivity contribution >= 4 is 22.4 Å². The van der Waals surface area contributed by atoms with Gasteiger partial charge in [-0.3, -0.25) is 0 Å². The SMILES string of the molecule is CCN(Cc1ccc(N)cc1)c1ncnc2ccccc12. The summed E-state index contributed by atoms with van der Waals surface area (Å²) in [5, 5.41) is 1.08. The third kappa shape index (κ3) is 2.79. The molecule has 0 radical (unpaired) electrons. The lowest BCUT2D eigenvalue weighted by molar-refractivity contribution is 0.816. The Morgan fingerprint density at radius 3 is 2.52 bits per heavy atom. The Morgan fingerprint density at radius 2 is 1.76 bits per heavy atom. The summed E-state index contributed by atoms with van der Waals surface area (Å²) in [6, 6.07) is 16.1. The highest BCUT2D eigenvalue weighted by atomic mass is 15.2. The zero-order valence-corrected chi connectivity index (χ0v) is 12.0. The average Bonchev–Trinajstić information content (AvgIpc) is 2.54. The number of para-hydroxylation sites is 1. The van der Waals surface area contributed by atoms with Crippen molar-refractivity contribution in [2.24, 2.45) is 0 Å². The minimum Gasteiger partial charge on any atom is -0.399 e. The fourth-order valence-electron chi connectivity index (χ4n) is 2.42. The predicted octanol–water partition coefficient (Wildman–Crippen LogP) is 3.24. The van der Waals surface area contributed by atoms with E-state index in [1.54, 1.807) is 6.33 Å². The molecule has 0 aliphatic heterocycles. The van der Waals surface area contributed by atoms with Crippen LogP contribution in [0, 0.1) is 0 Å². The van der Waals surface area contributed by atoms with Gasteiger partial charge in [-0.15, -0.1) is 0 Å². The molecule has 0 bridgehead atoms. The van der Waals surface area contributed by atoms with Gasteiger partial charge in [0.1, 0.15) is 12.1 Å². The Bertz CT molecular complexity index is 732. The van der Waals surface area contributed by atoms with Gasteiger partial charge in [0.15, 0.2) is 0 Å². The van der Waals surface area contributed by atoms with E-state index in [1.165, 1.54) is 5.56 Å². The van der Waals surface area contributed by atoms with Gasteiger partial charge in [0.25, 0.3) is 0 Å². The summed E-state index contributed by atoms with van der Waals surface area (Å²) in [5.41, 5.74) is 8.71. The molecule has 0 atom stereocenters. The largest absolute Gasteiger partial charge is 0.399 e. The molecule has 3 rings (SSSR count). The lowest BCUT2D eigenvalue weighted by Gasteiger charge is -2.23. The van der Waals surface area contributed by atoms with E-state index in [0.29, 0.717) is 0 Å². The summed E-state index contributed by atoms with van der Waals surface area (Å²) in [6.45, 7) is 3.82. The number of nitrogen functional groups attached to an aromatic ring is 1. The normalized spacial score (nSPS) is 10.7. The molecule has 4 nitrogen and oxygen atoms in total. The Balaban J connectivity index is 1.96. The molecule has 106 valence electrons. The first kappa shape index (κ1) is 13.4. The Kier molecular flexibility index (Phi) is 3.69. The molecule has 0 amide bonds. The second kappa shape index (κ2) is 5.79. The zero-order valence-electron chi connectivity index (χ0n) is 12.0. The molecular formula is C17H18N4. The van der Waals surface area contributed by atoms with Gasteiger partial charge in [-0.1, -0.05) is 24.3 Å². The Hall–Kier alpha value is -2.62. The van der Waals surface area contributed by atoms with Gasteiger partial charge in [-0.2, -0.15) is 0 Å². The van der Waals surface area contributed by atoms with Gasteiger partial charge in [0.2, 0.25) is 0 Å². The molecule has 4 heteroatoms. The summed E-state index contributed by atoms with van der Waals surface area (Å²) in [4.78, 5) is 11.1. The summed E-state index contributed by atoms with van der Waals surface area (Å²) >= 11 is 0. The van der Waals surface area contributed by atoms with E-state index in [1.807, 2.05) is 30.3 Å². The van der Waals surface area contributed by atoms with E-state index in [4.69, 9.17) is 5.73 Å². The quantitative estimate of drug-likeness (QED) is 0.744. The maximum atomic E-state index is 5.74. The highest BCUT2D eigenvalue weighted by Crippen LogP contribution is 2.24. The number of rotatable bonds is 4. The van der Waals surface area contributed by atoms with Crippen molar-refractivity contribution < 1.29 is 0 Å². The fraction of sp³-hybridized carbons (Fsp3) is 0.176. The lowest BCUT2D eigenvalue weighted by atomic mass is 10.1. The van der Waals surface area contributed by atoms with Crippen LogP contribution in [0.2, 0.25) is 0 Å². The van der Waals surface area contributed by atoms with Crippen molar-refractivity contribution in [1.29, 1.82) is 0 Å². The van der Waals surface area contributed by atoms with Gasteiger partial charge in [-0.05, 0) is 36.8 Å². The number of nitrogens with two attached hydrogens (primary N) is 1. The van der Waals surface area contributed by atoms with Crippen LogP contribution in [0.5, 0.6) is 0 Å². The van der Waals surface area contributed by atoms with E-state index in [-0.39, 0.29) is 0 Å². The first-order valence-corrected chi connectivity index (χ1v) is 7.07. The molecule has 0 fully saturated rings. The fourth-order valence-corrected chi connectivity index (χ4v) is 2.42. The topological polar surface area (TPSA) is 55.0 Å². The summed E-state index contributed by atoms with van der Waals surface area (Å²) < 4.78 is 0. The molecule has 0 aliphatic carbocycles. The van der Waals surface area contributed by atoms with Crippen LogP contribution in [-0.4, -0.2) is 16.5 Å². The lowest BCUT2D eigenvalue weighted by Crippen LogP contribution is -2.23. The summed E-state index contributed by atoms with van der Waals surface area (Å²) in [7, 11) is 0. The third-order valence-corrected chi connectivity index (χ3v) is 3.56. The molecule has 0 saturated carbocycles. The van der Waals surface area contributed by atoms with Crippen LogP contribution < -0.4 is 10.6 Å². The van der Waals surface area contributed by atoms with Crippen LogP contribution in [-0.2, 0) is 6.54 Å². The van der Waals surface area contributed by atoms with Crippen molar-refractivity contribution in [2.75, 3.05) is 17.2 Å². The zero-order chi connectivity index (χ0) is 14.7. The predicted molar refractivity (Wildman–Crippen MR) is 87.1 cm³/mol. The molecule has 1 aromatic heterocycles. The smallest absolute Gasteiger partial charge is 0.140 e. The van der Waals surface area contributed by atoms with Gasteiger partial charge in [0.05, 0.1) is 5.52 Å². The average molecular weight is 278 g/mol. The number of hydrogen-bond donors (Lipinski definition) is 1. The number of hydrogen-bond acceptors (Lipinski definition) is 4. The highest BCUT2D eigenvalue weighted by molar-refractivity contribution is 5.89. The van der Waals surface area contributed by atoms with Crippen LogP contribution in [0.4, 0.5) is 11.5 Å². The number of benzene rings is 2. The molecule has 1 heterocycles. The maximum absolute atomic E-state index is 5.74. The van der Waals surface area contributed by atoms with Crippen molar-refractivity contribution in [2.45, 2.75) is 13.5 Å². The first-order chi connectivity index (χ1) is 10.3. The van der Waals surface area contributed by atoms with E-state index < -0.39 is 0 Å². The molecule has 0 unspecified atom stereocenters. The van der Waals surface area contributed by atoms with Crippen molar-refractivity contribution in [3.63, 3.8) is 0 Å². The molecule has 0 aliphatic rings. The van der Waals surface area contributed by atoms with Crippen LogP contribution in [0.25, 0.3) is 10.9 Å². The van der Waals surface area contributed by atoms with Gasteiger partial charge < -0.3 is 10.6 Å². The third-order valence-electron chi connectivity index (χ3n) is 3.56. The molecular weight excluding hydrogens is 260 g/mol. The van der Waals surface area contributed by atoms with Crippen LogP contribution >= 0.6 is 0 Å². The first-order valence-electron chi connectivity index (χ1n) is 7.07. The van der Waals surface area contributed by atoms with E-state index in [2.05, 4.69) is 40.0 Å². The van der Waals surface area contributed by atoms with Crippen molar-refractivity contribution in [1.82, 2.24) is 9.97 Å². The minimum atomic E-state index is 0.786. The second-order valence-electron chi connectivity index (χ2n) is 4.97. The number of anilines is 2. The number of aromatic nitrogens is 2. The molecule has 21 heavy (non-hydrogen) atoms. The van der Waals surface area contributed by atoms with Gasteiger partial charge in [0, 0.05) is 24.2 Å². The maximum Gasteiger partial charge on any atom is 0.140 e. The van der Waals surface area contributed by atoms with Gasteiger partial charge >= 0.3 is 0 Å². The van der Waals surface area contributed by atoms with E-state index in [9.17, 15) is 0 Å². The number of fused-ring (bicyclic) bond motifs is 1. The van der Waals surface area contributed by atoms with E-state index >= 15 is 0 Å². The minimum absolute atomic E-state index is 0.786. The molecule has 3 aromatic rings. The van der Waals surface area contributed by atoms with Crippen molar-refractivity contribution in [3.8, 4) is 0 Å². The molecule has 0 saturated heterocycles. The highest BCUT2D eigenvalue weighted by Gasteiger charge is 2.11. The summed E-state index contributed by atoms with van der Waals surface area (Å²) in [5.74, 6) is 0.972. The van der Waals surface area contributed by atoms with Gasteiger partial charge in [-0.25, -0.2) is 9.97 Å². The second-order valence-corrected chi connectivity index (χ2v) is 4.97. The summed E-state index contributed by atoms with van der Waals surface area (Å²) in [6.07, 6.45) is 1.63.